The van der Waals surface area contributed by atoms with Crippen LogP contribution in [0, 0.1) is 6.92 Å². The average Bonchev–Trinajstić information content (AvgIpc) is 2.36. The van der Waals surface area contributed by atoms with E-state index in [4.69, 9.17) is 14.3 Å². The van der Waals surface area contributed by atoms with Gasteiger partial charge in [-0.1, -0.05) is 6.07 Å². The Bertz CT molecular complexity index is 392. The number of carbonyl (C=O) groups is 1. The fourth-order valence-electron chi connectivity index (χ4n) is 1.28. The Morgan fingerprint density at radius 2 is 2.06 bits per heavy atom. The van der Waals surface area contributed by atoms with E-state index in [9.17, 15) is 4.79 Å². The van der Waals surface area contributed by atoms with E-state index in [2.05, 4.69) is 0 Å². The van der Waals surface area contributed by atoms with E-state index in [1.807, 2.05) is 13.0 Å². The normalized spacial score (nSPS) is 10.1. The van der Waals surface area contributed by atoms with Crippen molar-refractivity contribution in [2.45, 2.75) is 6.92 Å². The van der Waals surface area contributed by atoms with Crippen LogP contribution in [0.25, 0.3) is 0 Å². The van der Waals surface area contributed by atoms with Crippen molar-refractivity contribution in [3.05, 3.63) is 29.3 Å². The number of carbonyl (C=O) groups excluding carboxylic acids is 1. The van der Waals surface area contributed by atoms with Crippen LogP contribution in [0.15, 0.2) is 18.2 Å². The molecule has 0 aliphatic carbocycles. The van der Waals surface area contributed by atoms with E-state index in [0.29, 0.717) is 11.3 Å². The van der Waals surface area contributed by atoms with E-state index in [0.717, 1.165) is 10.6 Å². The maximum Gasteiger partial charge on any atom is 0.277 e. The summed E-state index contributed by atoms with van der Waals surface area (Å²) in [5.41, 5.74) is 1.45. The molecule has 0 aliphatic heterocycles. The number of benzene rings is 1. The molecule has 0 saturated heterocycles. The Morgan fingerprint density at radius 1 is 1.35 bits per heavy atom. The van der Waals surface area contributed by atoms with Gasteiger partial charge in [0.05, 0.1) is 7.11 Å². The van der Waals surface area contributed by atoms with Crippen molar-refractivity contribution in [3.8, 4) is 5.75 Å². The van der Waals surface area contributed by atoms with Crippen molar-refractivity contribution < 1.29 is 19.1 Å². The van der Waals surface area contributed by atoms with Crippen LogP contribution in [0.1, 0.15) is 15.9 Å². The second-order valence-corrected chi connectivity index (χ2v) is 3.52. The van der Waals surface area contributed by atoms with E-state index < -0.39 is 0 Å². The second kappa shape index (κ2) is 6.22. The highest BCUT2D eigenvalue weighted by Crippen LogP contribution is 2.20. The van der Waals surface area contributed by atoms with Gasteiger partial charge in [-0.05, 0) is 24.6 Å². The topological polar surface area (TPSA) is 48.0 Å². The number of aryl methyl sites for hydroxylation is 1. The fourth-order valence-corrected chi connectivity index (χ4v) is 1.28. The smallest absolute Gasteiger partial charge is 0.277 e. The molecule has 0 N–H and O–H groups in total. The SMILES string of the molecule is COCOc1cc(C(=O)N(C)OC)ccc1C. The molecular formula is C12H17NO4. The summed E-state index contributed by atoms with van der Waals surface area (Å²) < 4.78 is 10.2. The fraction of sp³-hybridized carbons (Fsp3) is 0.417. The number of nitrogens with zero attached hydrogens (tertiary/aromatic N) is 1. The zero-order chi connectivity index (χ0) is 12.8. The van der Waals surface area contributed by atoms with Crippen molar-refractivity contribution in [3.63, 3.8) is 0 Å². The Labute approximate surface area is 101 Å². The largest absolute Gasteiger partial charge is 0.467 e. The maximum atomic E-state index is 11.8. The lowest BCUT2D eigenvalue weighted by molar-refractivity contribution is -0.0757. The van der Waals surface area contributed by atoms with E-state index in [1.54, 1.807) is 26.3 Å². The number of hydroxylamine groups is 2. The van der Waals surface area contributed by atoms with Crippen molar-refractivity contribution in [2.75, 3.05) is 28.1 Å². The highest BCUT2D eigenvalue weighted by molar-refractivity contribution is 5.93. The van der Waals surface area contributed by atoms with Crippen LogP contribution in [-0.2, 0) is 9.57 Å². The highest BCUT2D eigenvalue weighted by atomic mass is 16.7. The molecule has 0 heterocycles. The molecule has 5 nitrogen and oxygen atoms in total. The summed E-state index contributed by atoms with van der Waals surface area (Å²) in [5.74, 6) is 0.400. The summed E-state index contributed by atoms with van der Waals surface area (Å²) in [6.45, 7) is 2.05. The molecule has 94 valence electrons. The van der Waals surface area contributed by atoms with Crippen molar-refractivity contribution in [1.82, 2.24) is 5.06 Å². The molecule has 0 radical (unpaired) electrons. The van der Waals surface area contributed by atoms with Gasteiger partial charge in [0.15, 0.2) is 6.79 Å². The first-order valence-electron chi connectivity index (χ1n) is 5.14. The van der Waals surface area contributed by atoms with Crippen LogP contribution in [0.3, 0.4) is 0 Å². The minimum Gasteiger partial charge on any atom is -0.467 e. The molecular weight excluding hydrogens is 222 g/mol. The predicted molar refractivity (Wildman–Crippen MR) is 62.8 cm³/mol. The van der Waals surface area contributed by atoms with Gasteiger partial charge in [0.2, 0.25) is 0 Å². The molecule has 0 bridgehead atoms. The van der Waals surface area contributed by atoms with E-state index >= 15 is 0 Å². The van der Waals surface area contributed by atoms with Gasteiger partial charge in [-0.3, -0.25) is 9.63 Å². The molecule has 0 fully saturated rings. The molecule has 1 rings (SSSR count). The maximum absolute atomic E-state index is 11.8. The lowest BCUT2D eigenvalue weighted by atomic mass is 10.1. The Balaban J connectivity index is 2.91. The van der Waals surface area contributed by atoms with Gasteiger partial charge in [-0.2, -0.15) is 0 Å². The third-order valence-electron chi connectivity index (χ3n) is 2.33. The van der Waals surface area contributed by atoms with Crippen LogP contribution in [-0.4, -0.2) is 39.0 Å². The quantitative estimate of drug-likeness (QED) is 0.578. The predicted octanol–water partition coefficient (Wildman–Crippen LogP) is 1.61. The summed E-state index contributed by atoms with van der Waals surface area (Å²) in [5, 5.41) is 1.16. The van der Waals surface area contributed by atoms with Crippen LogP contribution >= 0.6 is 0 Å². The van der Waals surface area contributed by atoms with Crippen LogP contribution in [0.4, 0.5) is 0 Å². The molecule has 0 saturated carbocycles. The average molecular weight is 239 g/mol. The zero-order valence-corrected chi connectivity index (χ0v) is 10.5. The van der Waals surface area contributed by atoms with Gasteiger partial charge < -0.3 is 9.47 Å². The van der Waals surface area contributed by atoms with Gasteiger partial charge in [0.1, 0.15) is 5.75 Å². The number of amides is 1. The molecule has 17 heavy (non-hydrogen) atoms. The first-order valence-corrected chi connectivity index (χ1v) is 5.14. The third-order valence-corrected chi connectivity index (χ3v) is 2.33. The number of hydrogen-bond acceptors (Lipinski definition) is 4. The van der Waals surface area contributed by atoms with E-state index in [1.165, 1.54) is 7.11 Å². The number of rotatable bonds is 5. The summed E-state index contributed by atoms with van der Waals surface area (Å²) in [4.78, 5) is 16.7. The molecule has 0 aromatic heterocycles. The third kappa shape index (κ3) is 3.44. The summed E-state index contributed by atoms with van der Waals surface area (Å²) >= 11 is 0. The molecule has 0 atom stereocenters. The van der Waals surface area contributed by atoms with Crippen molar-refractivity contribution in [1.29, 1.82) is 0 Å². The molecule has 5 heteroatoms. The monoisotopic (exact) mass is 239 g/mol. The van der Waals surface area contributed by atoms with Gasteiger partial charge in [-0.25, -0.2) is 5.06 Å². The zero-order valence-electron chi connectivity index (χ0n) is 10.5. The summed E-state index contributed by atoms with van der Waals surface area (Å²) in [6, 6.07) is 5.22. The summed E-state index contributed by atoms with van der Waals surface area (Å²) in [6.07, 6.45) is 0. The Morgan fingerprint density at radius 3 is 2.65 bits per heavy atom. The van der Waals surface area contributed by atoms with Crippen molar-refractivity contribution in [2.24, 2.45) is 0 Å². The number of ether oxygens (including phenoxy) is 2. The minimum absolute atomic E-state index is 0.151. The van der Waals surface area contributed by atoms with Gasteiger partial charge in [-0.15, -0.1) is 0 Å². The molecule has 1 aromatic carbocycles. The molecule has 0 unspecified atom stereocenters. The molecule has 1 amide bonds. The molecule has 0 aliphatic rings. The number of methoxy groups -OCH3 is 1. The Hall–Kier alpha value is -1.59. The number of hydrogen-bond donors (Lipinski definition) is 0. The van der Waals surface area contributed by atoms with Gasteiger partial charge >= 0.3 is 0 Å². The molecule has 1 aromatic rings. The first-order chi connectivity index (χ1) is 8.10. The first kappa shape index (κ1) is 13.5. The second-order valence-electron chi connectivity index (χ2n) is 3.52. The highest BCUT2D eigenvalue weighted by Gasteiger charge is 2.13. The van der Waals surface area contributed by atoms with Crippen LogP contribution in [0.2, 0.25) is 0 Å². The summed E-state index contributed by atoms with van der Waals surface area (Å²) in [7, 11) is 4.54. The lowest BCUT2D eigenvalue weighted by Crippen LogP contribution is -2.25. The molecule has 0 spiro atoms. The van der Waals surface area contributed by atoms with Crippen molar-refractivity contribution >= 4 is 5.91 Å². The Kier molecular flexibility index (Phi) is 4.93. The minimum atomic E-state index is -0.227. The standard InChI is InChI=1S/C12H17NO4/c1-9-5-6-10(12(14)13(2)16-4)7-11(9)17-8-15-3/h5-7H,8H2,1-4H3. The van der Waals surface area contributed by atoms with E-state index in [-0.39, 0.29) is 12.7 Å². The lowest BCUT2D eigenvalue weighted by Gasteiger charge is -2.15. The van der Waals surface area contributed by atoms with Crippen LogP contribution < -0.4 is 4.74 Å². The van der Waals surface area contributed by atoms with Gasteiger partial charge in [0, 0.05) is 19.7 Å². The van der Waals surface area contributed by atoms with Gasteiger partial charge in [0.25, 0.3) is 5.91 Å². The van der Waals surface area contributed by atoms with Crippen LogP contribution in [0.5, 0.6) is 5.75 Å².